The van der Waals surface area contributed by atoms with Gasteiger partial charge in [0.25, 0.3) is 0 Å². The number of benzene rings is 1. The van der Waals surface area contributed by atoms with Gasteiger partial charge in [-0.1, -0.05) is 6.07 Å². The zero-order valence-electron chi connectivity index (χ0n) is 10.6. The van der Waals surface area contributed by atoms with E-state index in [1.54, 1.807) is 7.11 Å². The molecule has 0 amide bonds. The van der Waals surface area contributed by atoms with Crippen LogP contribution in [0.2, 0.25) is 0 Å². The van der Waals surface area contributed by atoms with Gasteiger partial charge in [0.1, 0.15) is 11.5 Å². The average molecular weight is 320 g/mol. The number of fused-ring (bicyclic) bond motifs is 1. The average Bonchev–Trinajstić information content (AvgIpc) is 2.88. The van der Waals surface area contributed by atoms with Crippen LogP contribution < -0.4 is 9.47 Å². The Morgan fingerprint density at radius 1 is 1.16 bits per heavy atom. The highest BCUT2D eigenvalue weighted by molar-refractivity contribution is 9.10. The first-order chi connectivity index (χ1) is 9.26. The Morgan fingerprint density at radius 2 is 2.05 bits per heavy atom. The quantitative estimate of drug-likeness (QED) is 0.852. The van der Waals surface area contributed by atoms with E-state index < -0.39 is 0 Å². The number of hydrogen-bond acceptors (Lipinski definition) is 3. The highest BCUT2D eigenvalue weighted by Gasteiger charge is 2.13. The first kappa shape index (κ1) is 12.5. The summed E-state index contributed by atoms with van der Waals surface area (Å²) >= 11 is 3.48. The number of rotatable bonds is 3. The maximum Gasteiger partial charge on any atom is 0.219 e. The Kier molecular flexibility index (Phi) is 3.42. The third-order valence-corrected chi connectivity index (χ3v) is 3.88. The normalized spacial score (nSPS) is 13.2. The van der Waals surface area contributed by atoms with E-state index in [2.05, 4.69) is 27.0 Å². The van der Waals surface area contributed by atoms with Crippen LogP contribution in [0.25, 0.3) is 0 Å². The summed E-state index contributed by atoms with van der Waals surface area (Å²) in [5.41, 5.74) is 2.52. The maximum absolute atomic E-state index is 5.82. The molecule has 3 rings (SSSR count). The second kappa shape index (κ2) is 5.21. The van der Waals surface area contributed by atoms with Gasteiger partial charge in [0.15, 0.2) is 0 Å². The number of methoxy groups -OCH3 is 1. The minimum Gasteiger partial charge on any atom is -0.497 e. The van der Waals surface area contributed by atoms with E-state index in [1.807, 2.05) is 24.3 Å². The van der Waals surface area contributed by atoms with Gasteiger partial charge in [0, 0.05) is 11.8 Å². The van der Waals surface area contributed by atoms with E-state index in [4.69, 9.17) is 9.47 Å². The van der Waals surface area contributed by atoms with Gasteiger partial charge in [-0.2, -0.15) is 0 Å². The molecule has 98 valence electrons. The summed E-state index contributed by atoms with van der Waals surface area (Å²) in [5, 5.41) is 0. The maximum atomic E-state index is 5.82. The van der Waals surface area contributed by atoms with E-state index in [0.29, 0.717) is 5.88 Å². The SMILES string of the molecule is COc1ccc(Oc2ccc3c(n2)CCC3)c(Br)c1. The smallest absolute Gasteiger partial charge is 0.219 e. The Bertz CT molecular complexity index is 613. The molecule has 0 radical (unpaired) electrons. The molecule has 19 heavy (non-hydrogen) atoms. The molecule has 0 spiro atoms. The van der Waals surface area contributed by atoms with Crippen molar-refractivity contribution in [2.45, 2.75) is 19.3 Å². The minimum atomic E-state index is 0.645. The molecule has 1 aromatic carbocycles. The summed E-state index contributed by atoms with van der Waals surface area (Å²) in [7, 11) is 1.64. The molecule has 1 heterocycles. The number of aryl methyl sites for hydroxylation is 2. The molecule has 0 atom stereocenters. The minimum absolute atomic E-state index is 0.645. The predicted octanol–water partition coefficient (Wildman–Crippen LogP) is 4.13. The van der Waals surface area contributed by atoms with Crippen molar-refractivity contribution < 1.29 is 9.47 Å². The van der Waals surface area contributed by atoms with Crippen molar-refractivity contribution >= 4 is 15.9 Å². The van der Waals surface area contributed by atoms with Crippen LogP contribution >= 0.6 is 15.9 Å². The standard InChI is InChI=1S/C15H14BrNO2/c1-18-11-6-7-14(12(16)9-11)19-15-8-5-10-3-2-4-13(10)17-15/h5-9H,2-4H2,1H3. The van der Waals surface area contributed by atoms with Crippen LogP contribution in [0, 0.1) is 0 Å². The summed E-state index contributed by atoms with van der Waals surface area (Å²) in [5.74, 6) is 2.18. The molecular weight excluding hydrogens is 306 g/mol. The van der Waals surface area contributed by atoms with Crippen molar-refractivity contribution in [2.24, 2.45) is 0 Å². The summed E-state index contributed by atoms with van der Waals surface area (Å²) < 4.78 is 11.8. The number of halogens is 1. The zero-order chi connectivity index (χ0) is 13.2. The second-order valence-corrected chi connectivity index (χ2v) is 5.36. The molecule has 1 aromatic heterocycles. The van der Waals surface area contributed by atoms with Crippen LogP contribution in [0.3, 0.4) is 0 Å². The van der Waals surface area contributed by atoms with E-state index in [-0.39, 0.29) is 0 Å². The van der Waals surface area contributed by atoms with Crippen molar-refractivity contribution in [2.75, 3.05) is 7.11 Å². The number of nitrogens with zero attached hydrogens (tertiary/aromatic N) is 1. The molecule has 0 saturated heterocycles. The molecule has 0 unspecified atom stereocenters. The van der Waals surface area contributed by atoms with Crippen LogP contribution in [-0.4, -0.2) is 12.1 Å². The molecule has 0 aliphatic heterocycles. The first-order valence-electron chi connectivity index (χ1n) is 6.26. The lowest BCUT2D eigenvalue weighted by Crippen LogP contribution is -1.93. The third-order valence-electron chi connectivity index (χ3n) is 3.26. The highest BCUT2D eigenvalue weighted by Crippen LogP contribution is 2.33. The molecule has 0 N–H and O–H groups in total. The molecule has 1 aliphatic carbocycles. The summed E-state index contributed by atoms with van der Waals surface area (Å²) in [6, 6.07) is 9.66. The van der Waals surface area contributed by atoms with Crippen LogP contribution in [-0.2, 0) is 12.8 Å². The Labute approximate surface area is 120 Å². The van der Waals surface area contributed by atoms with Gasteiger partial charge in [-0.05, 0) is 59.0 Å². The van der Waals surface area contributed by atoms with Crippen molar-refractivity contribution in [1.29, 1.82) is 0 Å². The lowest BCUT2D eigenvalue weighted by atomic mass is 10.2. The second-order valence-electron chi connectivity index (χ2n) is 4.51. The zero-order valence-corrected chi connectivity index (χ0v) is 12.2. The van der Waals surface area contributed by atoms with Gasteiger partial charge in [-0.25, -0.2) is 4.98 Å². The van der Waals surface area contributed by atoms with Crippen molar-refractivity contribution in [3.8, 4) is 17.4 Å². The fourth-order valence-corrected chi connectivity index (χ4v) is 2.70. The van der Waals surface area contributed by atoms with Gasteiger partial charge < -0.3 is 9.47 Å². The molecule has 3 nitrogen and oxygen atoms in total. The van der Waals surface area contributed by atoms with E-state index in [1.165, 1.54) is 17.7 Å². The Balaban J connectivity index is 1.85. The summed E-state index contributed by atoms with van der Waals surface area (Å²) in [6.45, 7) is 0. The van der Waals surface area contributed by atoms with Crippen LogP contribution in [0.5, 0.6) is 17.4 Å². The first-order valence-corrected chi connectivity index (χ1v) is 7.06. The van der Waals surface area contributed by atoms with Gasteiger partial charge in [-0.3, -0.25) is 0 Å². The topological polar surface area (TPSA) is 31.4 Å². The molecule has 0 fully saturated rings. The van der Waals surface area contributed by atoms with Crippen molar-refractivity contribution in [1.82, 2.24) is 4.98 Å². The molecule has 2 aromatic rings. The molecule has 4 heteroatoms. The highest BCUT2D eigenvalue weighted by atomic mass is 79.9. The van der Waals surface area contributed by atoms with Gasteiger partial charge in [-0.15, -0.1) is 0 Å². The van der Waals surface area contributed by atoms with Crippen molar-refractivity contribution in [3.05, 3.63) is 46.1 Å². The predicted molar refractivity (Wildman–Crippen MR) is 77.0 cm³/mol. The van der Waals surface area contributed by atoms with Crippen LogP contribution in [0.1, 0.15) is 17.7 Å². The monoisotopic (exact) mass is 319 g/mol. The van der Waals surface area contributed by atoms with Crippen LogP contribution in [0.4, 0.5) is 0 Å². The van der Waals surface area contributed by atoms with Crippen molar-refractivity contribution in [3.63, 3.8) is 0 Å². The van der Waals surface area contributed by atoms with Gasteiger partial charge in [0.2, 0.25) is 5.88 Å². The summed E-state index contributed by atoms with van der Waals surface area (Å²) in [6.07, 6.45) is 3.38. The number of aromatic nitrogens is 1. The number of pyridine rings is 1. The lowest BCUT2D eigenvalue weighted by molar-refractivity contribution is 0.411. The fraction of sp³-hybridized carbons (Fsp3) is 0.267. The summed E-state index contributed by atoms with van der Waals surface area (Å²) in [4.78, 5) is 4.56. The fourth-order valence-electron chi connectivity index (χ4n) is 2.26. The largest absolute Gasteiger partial charge is 0.497 e. The van der Waals surface area contributed by atoms with E-state index >= 15 is 0 Å². The molecule has 0 bridgehead atoms. The Hall–Kier alpha value is -1.55. The lowest BCUT2D eigenvalue weighted by Gasteiger charge is -2.09. The molecular formula is C15H14BrNO2. The van der Waals surface area contributed by atoms with E-state index in [9.17, 15) is 0 Å². The van der Waals surface area contributed by atoms with Gasteiger partial charge >= 0.3 is 0 Å². The van der Waals surface area contributed by atoms with Gasteiger partial charge in [0.05, 0.1) is 11.6 Å². The van der Waals surface area contributed by atoms with Crippen LogP contribution in [0.15, 0.2) is 34.8 Å². The third kappa shape index (κ3) is 2.59. The van der Waals surface area contributed by atoms with E-state index in [0.717, 1.165) is 28.8 Å². The molecule has 0 saturated carbocycles. The number of hydrogen-bond donors (Lipinski definition) is 0. The Morgan fingerprint density at radius 3 is 2.84 bits per heavy atom. The molecule has 1 aliphatic rings. The number of ether oxygens (including phenoxy) is 2.